The van der Waals surface area contributed by atoms with E-state index in [9.17, 15) is 9.59 Å². The van der Waals surface area contributed by atoms with Crippen LogP contribution in [0.15, 0.2) is 54.7 Å². The summed E-state index contributed by atoms with van der Waals surface area (Å²) in [5.74, 6) is 1.61. The minimum atomic E-state index is -0.750. The number of benzene rings is 2. The summed E-state index contributed by atoms with van der Waals surface area (Å²) in [7, 11) is 0. The number of ether oxygens (including phenoxy) is 1. The average molecular weight is 508 g/mol. The topological polar surface area (TPSA) is 106 Å². The molecule has 2 amide bonds. The number of aromatic nitrogens is 1. The summed E-state index contributed by atoms with van der Waals surface area (Å²) in [5.41, 5.74) is 3.85. The van der Waals surface area contributed by atoms with Crippen LogP contribution in [0.3, 0.4) is 0 Å². The normalized spacial score (nSPS) is 12.4. The van der Waals surface area contributed by atoms with Gasteiger partial charge in [0.1, 0.15) is 17.3 Å². The van der Waals surface area contributed by atoms with Crippen LogP contribution >= 0.6 is 0 Å². The van der Waals surface area contributed by atoms with Crippen LogP contribution < -0.4 is 10.1 Å². The predicted octanol–water partition coefficient (Wildman–Crippen LogP) is 4.73. The summed E-state index contributed by atoms with van der Waals surface area (Å²) in [6.45, 7) is 9.44. The third-order valence-electron chi connectivity index (χ3n) is 5.61. The second-order valence-electron chi connectivity index (χ2n) is 9.05. The van der Waals surface area contributed by atoms with Crippen LogP contribution in [0.25, 0.3) is 0 Å². The Balaban J connectivity index is 0.00000115. The number of hydrogen-bond acceptors (Lipinski definition) is 6. The Bertz CT molecular complexity index is 1270. The third kappa shape index (κ3) is 6.85. The Hall–Kier alpha value is -3.85. The molecule has 0 spiro atoms. The van der Waals surface area contributed by atoms with Gasteiger partial charge in [0.15, 0.2) is 0 Å². The van der Waals surface area contributed by atoms with Gasteiger partial charge in [0.05, 0.1) is 0 Å². The quantitative estimate of drug-likeness (QED) is 0.517. The highest BCUT2D eigenvalue weighted by Crippen LogP contribution is 2.34. The summed E-state index contributed by atoms with van der Waals surface area (Å²) in [4.78, 5) is 32.5. The second kappa shape index (κ2) is 12.2. The van der Waals surface area contributed by atoms with Crippen molar-refractivity contribution in [1.29, 1.82) is 0 Å². The summed E-state index contributed by atoms with van der Waals surface area (Å²) >= 11 is -0.750. The lowest BCUT2D eigenvalue weighted by Gasteiger charge is -2.31. The van der Waals surface area contributed by atoms with Crippen molar-refractivity contribution in [3.8, 4) is 11.5 Å². The van der Waals surface area contributed by atoms with Crippen LogP contribution in [0.1, 0.15) is 51.3 Å². The van der Waals surface area contributed by atoms with Crippen LogP contribution in [0, 0.1) is 19.8 Å². The lowest BCUT2D eigenvalue weighted by Crippen LogP contribution is -2.40. The molecule has 188 valence electrons. The molecule has 1 aromatic heterocycles. The van der Waals surface area contributed by atoms with Crippen molar-refractivity contribution in [3.05, 3.63) is 82.5 Å². The maximum Gasteiger partial charge on any atom is 0.335 e. The molecule has 0 bridgehead atoms. The number of nitrogens with one attached hydrogen (secondary N) is 1. The molecule has 0 fully saturated rings. The Morgan fingerprint density at radius 2 is 1.75 bits per heavy atom. The average Bonchev–Trinajstić information content (AvgIpc) is 2.84. The van der Waals surface area contributed by atoms with E-state index in [1.807, 2.05) is 49.1 Å². The molecule has 4 rings (SSSR count). The Kier molecular flexibility index (Phi) is 9.08. The van der Waals surface area contributed by atoms with Crippen molar-refractivity contribution in [2.45, 2.75) is 34.1 Å². The van der Waals surface area contributed by atoms with Gasteiger partial charge in [-0.3, -0.25) is 9.59 Å². The number of rotatable bonds is 6. The Morgan fingerprint density at radius 1 is 1.08 bits per heavy atom. The first kappa shape index (κ1) is 26.7. The van der Waals surface area contributed by atoms with E-state index in [2.05, 4.69) is 24.1 Å². The van der Waals surface area contributed by atoms with E-state index in [0.717, 1.165) is 16.7 Å². The number of pyridine rings is 1. The molecule has 2 heterocycles. The van der Waals surface area contributed by atoms with Gasteiger partial charge in [-0.1, -0.05) is 37.6 Å². The molecule has 36 heavy (non-hydrogen) atoms. The summed E-state index contributed by atoms with van der Waals surface area (Å²) in [5, 5.41) is 2.82. The zero-order valence-corrected chi connectivity index (χ0v) is 21.6. The fraction of sp³-hybridized carbons (Fsp3) is 0.296. The number of amides is 2. The van der Waals surface area contributed by atoms with E-state index in [-0.39, 0.29) is 11.8 Å². The lowest BCUT2D eigenvalue weighted by atomic mass is 9.94. The maximum atomic E-state index is 13.3. The molecule has 1 aliphatic heterocycles. The molecule has 3 aromatic rings. The van der Waals surface area contributed by atoms with Gasteiger partial charge in [-0.25, -0.2) is 4.98 Å². The first-order chi connectivity index (χ1) is 17.2. The van der Waals surface area contributed by atoms with Gasteiger partial charge in [0.25, 0.3) is 11.8 Å². The number of nitrogens with zero attached hydrogens (tertiary/aromatic N) is 2. The number of aryl methyl sites for hydroxylation is 2. The standard InChI is InChI=1S/C27H29N3O3.O2S/c1-17(2)16-30-12-11-22-23(27(30)32)13-20(26(31)29-25-10-7-19(4)15-28-25)14-24(22)33-21-8-5-18(3)6-9-21;1-3-2/h5-10,13-15,17H,11-12,16H2,1-4H3,(H,28,29,31);. The van der Waals surface area contributed by atoms with Crippen molar-refractivity contribution in [2.24, 2.45) is 5.92 Å². The molecule has 8 nitrogen and oxygen atoms in total. The summed E-state index contributed by atoms with van der Waals surface area (Å²) in [6.07, 6.45) is 2.37. The molecular formula is C27H29N3O5S. The summed E-state index contributed by atoms with van der Waals surface area (Å²) < 4.78 is 22.8. The fourth-order valence-electron chi connectivity index (χ4n) is 3.91. The molecule has 0 saturated heterocycles. The third-order valence-corrected chi connectivity index (χ3v) is 5.61. The van der Waals surface area contributed by atoms with Gasteiger partial charge in [0.2, 0.25) is 0 Å². The fourth-order valence-corrected chi connectivity index (χ4v) is 3.91. The van der Waals surface area contributed by atoms with Crippen LogP contribution in [-0.4, -0.2) is 43.2 Å². The number of carbonyl (C=O) groups is 2. The van der Waals surface area contributed by atoms with E-state index in [1.54, 1.807) is 24.4 Å². The van der Waals surface area contributed by atoms with Crippen molar-refractivity contribution in [1.82, 2.24) is 9.88 Å². The van der Waals surface area contributed by atoms with E-state index in [1.165, 1.54) is 0 Å². The van der Waals surface area contributed by atoms with Crippen LogP contribution in [0.4, 0.5) is 5.82 Å². The van der Waals surface area contributed by atoms with Crippen molar-refractivity contribution >= 4 is 29.2 Å². The number of carbonyl (C=O) groups excluding carboxylic acids is 2. The largest absolute Gasteiger partial charge is 0.457 e. The zero-order chi connectivity index (χ0) is 26.2. The van der Waals surface area contributed by atoms with Gasteiger partial charge in [-0.2, -0.15) is 8.42 Å². The molecule has 0 unspecified atom stereocenters. The first-order valence-electron chi connectivity index (χ1n) is 11.6. The molecule has 1 aliphatic rings. The van der Waals surface area contributed by atoms with Crippen LogP contribution in [-0.2, 0) is 18.0 Å². The van der Waals surface area contributed by atoms with E-state index in [4.69, 9.17) is 13.2 Å². The predicted molar refractivity (Wildman–Crippen MR) is 138 cm³/mol. The van der Waals surface area contributed by atoms with E-state index >= 15 is 0 Å². The van der Waals surface area contributed by atoms with Crippen LogP contribution in [0.2, 0.25) is 0 Å². The van der Waals surface area contributed by atoms with Crippen molar-refractivity contribution < 1.29 is 22.7 Å². The molecule has 1 N–H and O–H groups in total. The first-order valence-corrected chi connectivity index (χ1v) is 12.2. The minimum absolute atomic E-state index is 0.0678. The molecule has 0 atom stereocenters. The van der Waals surface area contributed by atoms with Crippen molar-refractivity contribution in [2.75, 3.05) is 18.4 Å². The Morgan fingerprint density at radius 3 is 2.36 bits per heavy atom. The highest BCUT2D eigenvalue weighted by molar-refractivity contribution is 7.51. The lowest BCUT2D eigenvalue weighted by molar-refractivity contribution is 0.0718. The van der Waals surface area contributed by atoms with Crippen LogP contribution in [0.5, 0.6) is 11.5 Å². The summed E-state index contributed by atoms with van der Waals surface area (Å²) in [6, 6.07) is 14.7. The van der Waals surface area contributed by atoms with Gasteiger partial charge in [0, 0.05) is 36.0 Å². The zero-order valence-electron chi connectivity index (χ0n) is 20.7. The number of hydrogen-bond donors (Lipinski definition) is 1. The minimum Gasteiger partial charge on any atom is -0.457 e. The Labute approximate surface area is 214 Å². The molecule has 2 aromatic carbocycles. The van der Waals surface area contributed by atoms with Gasteiger partial charge >= 0.3 is 11.6 Å². The number of fused-ring (bicyclic) bond motifs is 1. The molecule has 0 radical (unpaired) electrons. The SMILES string of the molecule is Cc1ccc(Oc2cc(C(=O)Nc3ccc(C)cn3)cc3c2CCN(CC(C)C)C3=O)cc1.O=S=O. The van der Waals surface area contributed by atoms with E-state index < -0.39 is 11.6 Å². The monoisotopic (exact) mass is 507 g/mol. The maximum absolute atomic E-state index is 13.3. The molecular weight excluding hydrogens is 478 g/mol. The molecule has 0 saturated carbocycles. The van der Waals surface area contributed by atoms with Gasteiger partial charge in [-0.05, 0) is 62.1 Å². The van der Waals surface area contributed by atoms with Gasteiger partial charge < -0.3 is 15.0 Å². The van der Waals surface area contributed by atoms with Gasteiger partial charge in [-0.15, -0.1) is 0 Å². The molecule has 0 aliphatic carbocycles. The van der Waals surface area contributed by atoms with Crippen molar-refractivity contribution in [3.63, 3.8) is 0 Å². The van der Waals surface area contributed by atoms with E-state index in [0.29, 0.717) is 53.9 Å². The highest BCUT2D eigenvalue weighted by atomic mass is 32.1. The highest BCUT2D eigenvalue weighted by Gasteiger charge is 2.29. The smallest absolute Gasteiger partial charge is 0.335 e. The molecule has 9 heteroatoms. The number of anilines is 1. The second-order valence-corrected chi connectivity index (χ2v) is 9.19.